The summed E-state index contributed by atoms with van der Waals surface area (Å²) in [5.41, 5.74) is 2.03. The van der Waals surface area contributed by atoms with Gasteiger partial charge in [-0.05, 0) is 42.3 Å². The molecule has 3 rings (SSSR count). The zero-order chi connectivity index (χ0) is 16.4. The molecule has 0 aliphatic carbocycles. The number of carbonyl (C=O) groups excluding carboxylic acids is 1. The molecule has 0 saturated carbocycles. The Morgan fingerprint density at radius 1 is 1.26 bits per heavy atom. The van der Waals surface area contributed by atoms with E-state index in [0.717, 1.165) is 11.3 Å². The summed E-state index contributed by atoms with van der Waals surface area (Å²) in [5.74, 6) is 0.199. The lowest BCUT2D eigenvalue weighted by atomic mass is 10.1. The van der Waals surface area contributed by atoms with Gasteiger partial charge >= 0.3 is 0 Å². The molecule has 2 heterocycles. The molecule has 6 heteroatoms. The van der Waals surface area contributed by atoms with Crippen molar-refractivity contribution >= 4 is 40.3 Å². The number of phenolic OH excluding ortho intramolecular Hbond substituents is 1. The molecule has 1 aromatic carbocycles. The molecular weight excluding hydrogens is 328 g/mol. The second kappa shape index (κ2) is 6.60. The van der Waals surface area contributed by atoms with Gasteiger partial charge in [-0.3, -0.25) is 9.69 Å². The molecule has 4 nitrogen and oxygen atoms in total. The van der Waals surface area contributed by atoms with E-state index in [9.17, 15) is 9.90 Å². The van der Waals surface area contributed by atoms with Crippen LogP contribution in [0.25, 0.3) is 6.08 Å². The third-order valence-electron chi connectivity index (χ3n) is 3.70. The number of amides is 1. The van der Waals surface area contributed by atoms with Crippen LogP contribution in [-0.2, 0) is 18.3 Å². The second-order valence-electron chi connectivity index (χ2n) is 5.29. The minimum atomic E-state index is -0.0417. The SMILES string of the molecule is Cn1cccc1/C=C1/SC(=S)N(CCc2ccc(O)cc2)C1=O. The number of aromatic nitrogens is 1. The van der Waals surface area contributed by atoms with Crippen molar-refractivity contribution in [3.8, 4) is 5.75 Å². The number of thiocarbonyl (C=S) groups is 1. The Hall–Kier alpha value is -2.05. The van der Waals surface area contributed by atoms with E-state index in [1.54, 1.807) is 17.0 Å². The molecule has 0 atom stereocenters. The van der Waals surface area contributed by atoms with Gasteiger partial charge in [-0.1, -0.05) is 36.1 Å². The number of carbonyl (C=O) groups is 1. The molecule has 1 saturated heterocycles. The number of aryl methyl sites for hydroxylation is 1. The molecule has 0 spiro atoms. The molecule has 118 valence electrons. The summed E-state index contributed by atoms with van der Waals surface area (Å²) in [6, 6.07) is 10.9. The van der Waals surface area contributed by atoms with Crippen molar-refractivity contribution in [3.05, 3.63) is 58.8 Å². The average molecular weight is 344 g/mol. The molecule has 1 N–H and O–H groups in total. The molecule has 0 unspecified atom stereocenters. The van der Waals surface area contributed by atoms with E-state index in [1.807, 2.05) is 48.2 Å². The van der Waals surface area contributed by atoms with Crippen LogP contribution in [0.1, 0.15) is 11.3 Å². The number of nitrogens with zero attached hydrogens (tertiary/aromatic N) is 2. The summed E-state index contributed by atoms with van der Waals surface area (Å²) in [5, 5.41) is 9.30. The van der Waals surface area contributed by atoms with E-state index in [-0.39, 0.29) is 11.7 Å². The first-order valence-electron chi connectivity index (χ1n) is 7.19. The minimum absolute atomic E-state index is 0.0417. The van der Waals surface area contributed by atoms with Crippen LogP contribution in [-0.4, -0.2) is 31.3 Å². The molecule has 2 aromatic rings. The van der Waals surface area contributed by atoms with Gasteiger partial charge in [-0.2, -0.15) is 0 Å². The first-order valence-corrected chi connectivity index (χ1v) is 8.41. The maximum Gasteiger partial charge on any atom is 0.266 e. The van der Waals surface area contributed by atoms with E-state index in [0.29, 0.717) is 22.2 Å². The summed E-state index contributed by atoms with van der Waals surface area (Å²) >= 11 is 6.68. The molecule has 1 fully saturated rings. The summed E-state index contributed by atoms with van der Waals surface area (Å²) in [6.45, 7) is 0.542. The van der Waals surface area contributed by atoms with E-state index in [4.69, 9.17) is 12.2 Å². The Balaban J connectivity index is 1.70. The molecule has 23 heavy (non-hydrogen) atoms. The Morgan fingerprint density at radius 2 is 2.00 bits per heavy atom. The van der Waals surface area contributed by atoms with Crippen molar-refractivity contribution in [3.63, 3.8) is 0 Å². The zero-order valence-electron chi connectivity index (χ0n) is 12.6. The van der Waals surface area contributed by atoms with Gasteiger partial charge in [0.2, 0.25) is 0 Å². The number of benzene rings is 1. The maximum absolute atomic E-state index is 12.5. The standard InChI is InChI=1S/C17H16N2O2S2/c1-18-9-2-3-13(18)11-15-16(21)19(17(22)23-15)10-8-12-4-6-14(20)7-5-12/h2-7,9,11,20H,8,10H2,1H3/b15-11+. The van der Waals surface area contributed by atoms with Crippen molar-refractivity contribution < 1.29 is 9.90 Å². The fourth-order valence-electron chi connectivity index (χ4n) is 2.35. The molecule has 1 aliphatic heterocycles. The van der Waals surface area contributed by atoms with Gasteiger partial charge < -0.3 is 9.67 Å². The number of rotatable bonds is 4. The molecule has 1 aromatic heterocycles. The van der Waals surface area contributed by atoms with Crippen LogP contribution in [0.4, 0.5) is 0 Å². The van der Waals surface area contributed by atoms with Crippen LogP contribution in [0, 0.1) is 0 Å². The largest absolute Gasteiger partial charge is 0.508 e. The van der Waals surface area contributed by atoms with Crippen molar-refractivity contribution in [2.75, 3.05) is 6.54 Å². The lowest BCUT2D eigenvalue weighted by Gasteiger charge is -2.14. The Kier molecular flexibility index (Phi) is 4.54. The monoisotopic (exact) mass is 344 g/mol. The van der Waals surface area contributed by atoms with E-state index < -0.39 is 0 Å². The van der Waals surface area contributed by atoms with Gasteiger partial charge in [0.15, 0.2) is 0 Å². The van der Waals surface area contributed by atoms with Gasteiger partial charge in [0.05, 0.1) is 4.91 Å². The van der Waals surface area contributed by atoms with Crippen molar-refractivity contribution in [1.82, 2.24) is 9.47 Å². The summed E-state index contributed by atoms with van der Waals surface area (Å²) in [4.78, 5) is 14.8. The Bertz CT molecular complexity index is 778. The van der Waals surface area contributed by atoms with Gasteiger partial charge in [0, 0.05) is 25.5 Å². The Morgan fingerprint density at radius 3 is 2.65 bits per heavy atom. The quantitative estimate of drug-likeness (QED) is 0.683. The number of thioether (sulfide) groups is 1. The molecule has 0 bridgehead atoms. The third kappa shape index (κ3) is 3.48. The lowest BCUT2D eigenvalue weighted by Crippen LogP contribution is -2.30. The first kappa shape index (κ1) is 15.8. The van der Waals surface area contributed by atoms with Crippen molar-refractivity contribution in [1.29, 1.82) is 0 Å². The van der Waals surface area contributed by atoms with Crippen molar-refractivity contribution in [2.45, 2.75) is 6.42 Å². The first-order chi connectivity index (χ1) is 11.0. The number of phenols is 1. The highest BCUT2D eigenvalue weighted by Gasteiger charge is 2.31. The average Bonchev–Trinajstić information content (AvgIpc) is 3.04. The third-order valence-corrected chi connectivity index (χ3v) is 5.07. The predicted molar refractivity (Wildman–Crippen MR) is 97.1 cm³/mol. The fourth-order valence-corrected chi connectivity index (χ4v) is 3.65. The summed E-state index contributed by atoms with van der Waals surface area (Å²) in [7, 11) is 1.94. The van der Waals surface area contributed by atoms with Crippen LogP contribution in [0.5, 0.6) is 5.75 Å². The normalized spacial score (nSPS) is 16.6. The minimum Gasteiger partial charge on any atom is -0.508 e. The van der Waals surface area contributed by atoms with Gasteiger partial charge in [0.25, 0.3) is 5.91 Å². The zero-order valence-corrected chi connectivity index (χ0v) is 14.2. The van der Waals surface area contributed by atoms with Gasteiger partial charge in [0.1, 0.15) is 10.1 Å². The molecule has 1 aliphatic rings. The summed E-state index contributed by atoms with van der Waals surface area (Å²) < 4.78 is 2.55. The van der Waals surface area contributed by atoms with Crippen LogP contribution >= 0.6 is 24.0 Å². The number of hydrogen-bond acceptors (Lipinski definition) is 4. The van der Waals surface area contributed by atoms with E-state index in [1.165, 1.54) is 11.8 Å². The van der Waals surface area contributed by atoms with Crippen molar-refractivity contribution in [2.24, 2.45) is 7.05 Å². The molecule has 1 amide bonds. The number of aromatic hydroxyl groups is 1. The van der Waals surface area contributed by atoms with E-state index in [2.05, 4.69) is 0 Å². The van der Waals surface area contributed by atoms with Crippen LogP contribution in [0.15, 0.2) is 47.5 Å². The maximum atomic E-state index is 12.5. The smallest absolute Gasteiger partial charge is 0.266 e. The highest BCUT2D eigenvalue weighted by atomic mass is 32.2. The second-order valence-corrected chi connectivity index (χ2v) is 6.97. The van der Waals surface area contributed by atoms with Crippen LogP contribution in [0.3, 0.4) is 0 Å². The topological polar surface area (TPSA) is 45.5 Å². The lowest BCUT2D eigenvalue weighted by molar-refractivity contribution is -0.122. The van der Waals surface area contributed by atoms with Crippen LogP contribution < -0.4 is 0 Å². The van der Waals surface area contributed by atoms with Gasteiger partial charge in [-0.25, -0.2) is 0 Å². The van der Waals surface area contributed by atoms with Crippen LogP contribution in [0.2, 0.25) is 0 Å². The highest BCUT2D eigenvalue weighted by molar-refractivity contribution is 8.26. The molecule has 0 radical (unpaired) electrons. The Labute approximate surface area is 144 Å². The molecular formula is C17H16N2O2S2. The predicted octanol–water partition coefficient (Wildman–Crippen LogP) is 3.17. The van der Waals surface area contributed by atoms with E-state index >= 15 is 0 Å². The van der Waals surface area contributed by atoms with Gasteiger partial charge in [-0.15, -0.1) is 0 Å². The highest BCUT2D eigenvalue weighted by Crippen LogP contribution is 2.32. The fraction of sp³-hybridized carbons (Fsp3) is 0.176. The number of hydrogen-bond donors (Lipinski definition) is 1. The summed E-state index contributed by atoms with van der Waals surface area (Å²) in [6.07, 6.45) is 4.52.